The number of thiophene rings is 1. The third-order valence-corrected chi connectivity index (χ3v) is 5.92. The Kier molecular flexibility index (Phi) is 4.57. The highest BCUT2D eigenvalue weighted by molar-refractivity contribution is 7.90. The second-order valence-corrected chi connectivity index (χ2v) is 9.17. The van der Waals surface area contributed by atoms with Gasteiger partial charge in [-0.3, -0.25) is 4.79 Å². The number of carbonyl (C=O) groups excluding carboxylic acids is 1. The molecule has 24 heavy (non-hydrogen) atoms. The highest BCUT2D eigenvalue weighted by atomic mass is 35.5. The third kappa shape index (κ3) is 3.72. The first-order valence-corrected chi connectivity index (χ1v) is 10.2. The highest BCUT2D eigenvalue weighted by Crippen LogP contribution is 2.29. The molecule has 3 rings (SSSR count). The number of fused-ring (bicyclic) bond motifs is 1. The molecular formula is C16H11Cl2NO3S2. The molecule has 0 saturated heterocycles. The van der Waals surface area contributed by atoms with Gasteiger partial charge in [0.1, 0.15) is 0 Å². The van der Waals surface area contributed by atoms with Gasteiger partial charge in [0.2, 0.25) is 0 Å². The summed E-state index contributed by atoms with van der Waals surface area (Å²) in [5.41, 5.74) is 0.323. The molecule has 2 aromatic carbocycles. The quantitative estimate of drug-likeness (QED) is 0.683. The minimum absolute atomic E-state index is 0.0495. The first-order valence-electron chi connectivity index (χ1n) is 6.73. The minimum atomic E-state index is -3.42. The summed E-state index contributed by atoms with van der Waals surface area (Å²) in [6.07, 6.45) is 1.08. The molecule has 0 saturated carbocycles. The highest BCUT2D eigenvalue weighted by Gasteiger charge is 2.14. The molecule has 0 bridgehead atoms. The molecule has 0 radical (unpaired) electrons. The molecule has 0 fully saturated rings. The number of hydrogen-bond acceptors (Lipinski definition) is 4. The van der Waals surface area contributed by atoms with E-state index in [1.165, 1.54) is 29.5 Å². The SMILES string of the molecule is CS(=O)(=O)c1cc(Cl)cc(NC(=O)c2cc3cc(Cl)ccc3s2)c1. The van der Waals surface area contributed by atoms with Gasteiger partial charge in [0.05, 0.1) is 9.77 Å². The van der Waals surface area contributed by atoms with Crippen LogP contribution in [0, 0.1) is 0 Å². The fourth-order valence-corrected chi connectivity index (χ4v) is 4.27. The van der Waals surface area contributed by atoms with Crippen molar-refractivity contribution in [1.82, 2.24) is 0 Å². The zero-order valence-corrected chi connectivity index (χ0v) is 15.5. The molecular weight excluding hydrogens is 389 g/mol. The Morgan fingerprint density at radius 1 is 1.04 bits per heavy atom. The van der Waals surface area contributed by atoms with E-state index < -0.39 is 9.84 Å². The Morgan fingerprint density at radius 2 is 1.79 bits per heavy atom. The van der Waals surface area contributed by atoms with E-state index in [-0.39, 0.29) is 15.8 Å². The van der Waals surface area contributed by atoms with Crippen molar-refractivity contribution in [1.29, 1.82) is 0 Å². The van der Waals surface area contributed by atoms with Crippen LogP contribution in [0.25, 0.3) is 10.1 Å². The van der Waals surface area contributed by atoms with Crippen LogP contribution in [0.4, 0.5) is 5.69 Å². The van der Waals surface area contributed by atoms with Gasteiger partial charge in [-0.25, -0.2) is 8.42 Å². The number of anilines is 1. The summed E-state index contributed by atoms with van der Waals surface area (Å²) in [5.74, 6) is -0.339. The van der Waals surface area contributed by atoms with Crippen LogP contribution in [0.3, 0.4) is 0 Å². The molecule has 0 atom stereocenters. The predicted octanol–water partition coefficient (Wildman–Crippen LogP) is 4.86. The lowest BCUT2D eigenvalue weighted by Crippen LogP contribution is -2.10. The molecule has 1 aromatic heterocycles. The molecule has 0 unspecified atom stereocenters. The second kappa shape index (κ2) is 6.37. The van der Waals surface area contributed by atoms with Crippen LogP contribution in [-0.2, 0) is 9.84 Å². The van der Waals surface area contributed by atoms with Gasteiger partial charge in [0.15, 0.2) is 9.84 Å². The van der Waals surface area contributed by atoms with E-state index in [9.17, 15) is 13.2 Å². The second-order valence-electron chi connectivity index (χ2n) is 5.19. The first kappa shape index (κ1) is 17.2. The van der Waals surface area contributed by atoms with Crippen LogP contribution in [0.2, 0.25) is 10.0 Å². The molecule has 0 aliphatic heterocycles. The van der Waals surface area contributed by atoms with Crippen LogP contribution >= 0.6 is 34.5 Å². The van der Waals surface area contributed by atoms with E-state index in [4.69, 9.17) is 23.2 Å². The number of amides is 1. The molecule has 1 N–H and O–H groups in total. The van der Waals surface area contributed by atoms with E-state index in [1.54, 1.807) is 18.2 Å². The normalized spacial score (nSPS) is 11.6. The van der Waals surface area contributed by atoms with Crippen molar-refractivity contribution in [3.63, 3.8) is 0 Å². The maximum Gasteiger partial charge on any atom is 0.265 e. The lowest BCUT2D eigenvalue weighted by atomic mass is 10.2. The Morgan fingerprint density at radius 3 is 2.50 bits per heavy atom. The Balaban J connectivity index is 1.92. The zero-order chi connectivity index (χ0) is 17.5. The Labute approximate surface area is 152 Å². The van der Waals surface area contributed by atoms with Gasteiger partial charge in [0, 0.05) is 26.7 Å². The first-order chi connectivity index (χ1) is 11.2. The van der Waals surface area contributed by atoms with Gasteiger partial charge in [-0.2, -0.15) is 0 Å². The lowest BCUT2D eigenvalue weighted by molar-refractivity contribution is 0.103. The van der Waals surface area contributed by atoms with Crippen molar-refractivity contribution in [2.75, 3.05) is 11.6 Å². The van der Waals surface area contributed by atoms with Crippen molar-refractivity contribution in [3.05, 3.63) is 57.4 Å². The summed E-state index contributed by atoms with van der Waals surface area (Å²) in [4.78, 5) is 13.0. The third-order valence-electron chi connectivity index (χ3n) is 3.26. The molecule has 1 amide bonds. The smallest absolute Gasteiger partial charge is 0.265 e. The predicted molar refractivity (Wildman–Crippen MR) is 99.4 cm³/mol. The van der Waals surface area contributed by atoms with Crippen LogP contribution < -0.4 is 5.32 Å². The summed E-state index contributed by atoms with van der Waals surface area (Å²) < 4.78 is 24.3. The van der Waals surface area contributed by atoms with Crippen LogP contribution in [-0.4, -0.2) is 20.6 Å². The van der Waals surface area contributed by atoms with Crippen molar-refractivity contribution in [3.8, 4) is 0 Å². The summed E-state index contributed by atoms with van der Waals surface area (Å²) in [7, 11) is -3.42. The number of nitrogens with one attached hydrogen (secondary N) is 1. The largest absolute Gasteiger partial charge is 0.321 e. The van der Waals surface area contributed by atoms with Gasteiger partial charge in [-0.05, 0) is 47.9 Å². The van der Waals surface area contributed by atoms with E-state index in [0.29, 0.717) is 15.6 Å². The average molecular weight is 400 g/mol. The molecule has 0 aliphatic carbocycles. The minimum Gasteiger partial charge on any atom is -0.321 e. The van der Waals surface area contributed by atoms with Crippen molar-refractivity contribution in [2.24, 2.45) is 0 Å². The Hall–Kier alpha value is -1.60. The molecule has 4 nitrogen and oxygen atoms in total. The summed E-state index contributed by atoms with van der Waals surface area (Å²) >= 11 is 13.2. The molecule has 1 heterocycles. The van der Waals surface area contributed by atoms with Crippen molar-refractivity contribution in [2.45, 2.75) is 4.90 Å². The maximum atomic E-state index is 12.4. The van der Waals surface area contributed by atoms with Crippen LogP contribution in [0.5, 0.6) is 0 Å². The lowest BCUT2D eigenvalue weighted by Gasteiger charge is -2.07. The fourth-order valence-electron chi connectivity index (χ4n) is 2.17. The number of carbonyl (C=O) groups is 1. The average Bonchev–Trinajstić information content (AvgIpc) is 2.88. The number of rotatable bonds is 3. The van der Waals surface area contributed by atoms with Gasteiger partial charge < -0.3 is 5.32 Å². The van der Waals surface area contributed by atoms with E-state index in [1.807, 2.05) is 6.07 Å². The van der Waals surface area contributed by atoms with Crippen molar-refractivity contribution >= 4 is 66.1 Å². The monoisotopic (exact) mass is 399 g/mol. The number of benzene rings is 2. The van der Waals surface area contributed by atoms with E-state index in [0.717, 1.165) is 16.3 Å². The number of halogens is 2. The molecule has 124 valence electrons. The van der Waals surface area contributed by atoms with Crippen LogP contribution in [0.1, 0.15) is 9.67 Å². The zero-order valence-electron chi connectivity index (χ0n) is 12.3. The number of sulfone groups is 1. The summed E-state index contributed by atoms with van der Waals surface area (Å²) in [5, 5.41) is 4.38. The summed E-state index contributed by atoms with van der Waals surface area (Å²) in [6, 6.07) is 11.3. The standard InChI is InChI=1S/C16H11Cl2NO3S2/c1-24(21,22)13-7-11(18)6-12(8-13)19-16(20)15-5-9-4-10(17)2-3-14(9)23-15/h2-8H,1H3,(H,19,20). The van der Waals surface area contributed by atoms with Crippen molar-refractivity contribution < 1.29 is 13.2 Å². The Bertz CT molecular complexity index is 1060. The molecule has 3 aromatic rings. The fraction of sp³-hybridized carbons (Fsp3) is 0.0625. The molecule has 0 aliphatic rings. The summed E-state index contributed by atoms with van der Waals surface area (Å²) in [6.45, 7) is 0. The number of hydrogen-bond donors (Lipinski definition) is 1. The van der Waals surface area contributed by atoms with Crippen LogP contribution in [0.15, 0.2) is 47.4 Å². The van der Waals surface area contributed by atoms with E-state index >= 15 is 0 Å². The van der Waals surface area contributed by atoms with E-state index in [2.05, 4.69) is 5.32 Å². The maximum absolute atomic E-state index is 12.4. The van der Waals surface area contributed by atoms with Gasteiger partial charge in [-0.15, -0.1) is 11.3 Å². The van der Waals surface area contributed by atoms with Gasteiger partial charge in [0.25, 0.3) is 5.91 Å². The van der Waals surface area contributed by atoms with Gasteiger partial charge >= 0.3 is 0 Å². The molecule has 0 spiro atoms. The molecule has 8 heteroatoms. The topological polar surface area (TPSA) is 63.2 Å². The van der Waals surface area contributed by atoms with Gasteiger partial charge in [-0.1, -0.05) is 23.2 Å².